The predicted octanol–water partition coefficient (Wildman–Crippen LogP) is 5.16. The molecule has 0 heterocycles. The highest BCUT2D eigenvalue weighted by molar-refractivity contribution is 5.91. The quantitative estimate of drug-likeness (QED) is 0.272. The van der Waals surface area contributed by atoms with E-state index in [0.717, 1.165) is 27.8 Å². The van der Waals surface area contributed by atoms with Crippen LogP contribution in [0.25, 0.3) is 11.1 Å². The zero-order valence-electron chi connectivity index (χ0n) is 26.2. The van der Waals surface area contributed by atoms with Crippen LogP contribution in [0.15, 0.2) is 78.9 Å². The Labute approximate surface area is 256 Å². The van der Waals surface area contributed by atoms with Gasteiger partial charge in [0, 0.05) is 6.61 Å². The number of amides is 2. The second-order valence-corrected chi connectivity index (χ2v) is 12.2. The Kier molecular flexibility index (Phi) is 12.1. The zero-order valence-corrected chi connectivity index (χ0v) is 26.2. The lowest BCUT2D eigenvalue weighted by molar-refractivity contribution is -0.318. The highest BCUT2D eigenvalue weighted by Gasteiger charge is 2.37. The van der Waals surface area contributed by atoms with E-state index in [1.807, 2.05) is 76.2 Å². The second kappa shape index (κ2) is 15.5. The molecule has 0 saturated heterocycles. The molecule has 3 aromatic rings. The monoisotopic (exact) mass is 585 g/mol. The first kappa shape index (κ1) is 33.5. The molecular formula is C36H45N2O5-. The average molecular weight is 586 g/mol. The van der Waals surface area contributed by atoms with Crippen LogP contribution in [0.1, 0.15) is 70.2 Å². The Hall–Kier alpha value is -3.97. The lowest BCUT2D eigenvalue weighted by Gasteiger charge is -2.34. The molecule has 0 bridgehead atoms. The number of carbonyl (C=O) groups excluding carboxylic acids is 3. The van der Waals surface area contributed by atoms with E-state index in [-0.39, 0.29) is 25.0 Å². The van der Waals surface area contributed by atoms with Crippen molar-refractivity contribution in [1.82, 2.24) is 10.6 Å². The minimum absolute atomic E-state index is 0.108. The van der Waals surface area contributed by atoms with Gasteiger partial charge in [0.25, 0.3) is 0 Å². The Morgan fingerprint density at radius 2 is 1.56 bits per heavy atom. The molecule has 0 aliphatic heterocycles. The van der Waals surface area contributed by atoms with E-state index >= 15 is 0 Å². The highest BCUT2D eigenvalue weighted by atomic mass is 16.5. The summed E-state index contributed by atoms with van der Waals surface area (Å²) in [6.07, 6.45) is -0.0258. The molecule has 0 fully saturated rings. The van der Waals surface area contributed by atoms with E-state index in [0.29, 0.717) is 12.8 Å². The fourth-order valence-corrected chi connectivity index (χ4v) is 5.34. The molecule has 7 heteroatoms. The molecule has 3 aromatic carbocycles. The fourth-order valence-electron chi connectivity index (χ4n) is 5.34. The molecule has 4 atom stereocenters. The maximum absolute atomic E-state index is 13.8. The normalized spacial score (nSPS) is 14.3. The van der Waals surface area contributed by atoms with Gasteiger partial charge < -0.3 is 25.3 Å². The SMILES string of the molecule is CCOC(C(=O)[O-])C(CCCc1ccccc1-c1cccc(C)c1)C(=O)NC(C(=O)NC(C)c1ccccc1)C(C)(C)C. The fraction of sp³-hybridized carbons (Fsp3) is 0.417. The smallest absolute Gasteiger partial charge is 0.243 e. The molecule has 3 rings (SSSR count). The van der Waals surface area contributed by atoms with Crippen molar-refractivity contribution in [3.8, 4) is 11.1 Å². The first-order valence-corrected chi connectivity index (χ1v) is 15.1. The minimum atomic E-state index is -1.45. The van der Waals surface area contributed by atoms with Gasteiger partial charge in [0.05, 0.1) is 17.9 Å². The van der Waals surface area contributed by atoms with Gasteiger partial charge in [-0.05, 0) is 67.7 Å². The van der Waals surface area contributed by atoms with Crippen molar-refractivity contribution < 1.29 is 24.2 Å². The van der Waals surface area contributed by atoms with Crippen molar-refractivity contribution in [2.24, 2.45) is 11.3 Å². The van der Waals surface area contributed by atoms with E-state index in [1.54, 1.807) is 6.92 Å². The van der Waals surface area contributed by atoms with Gasteiger partial charge in [-0.1, -0.05) is 105 Å². The van der Waals surface area contributed by atoms with Gasteiger partial charge in [0.1, 0.15) is 12.1 Å². The summed E-state index contributed by atoms with van der Waals surface area (Å²) < 4.78 is 5.52. The molecule has 0 radical (unpaired) electrons. The van der Waals surface area contributed by atoms with Crippen LogP contribution in [0.5, 0.6) is 0 Å². The first-order valence-electron chi connectivity index (χ1n) is 15.1. The van der Waals surface area contributed by atoms with E-state index in [1.165, 1.54) is 0 Å². The number of ether oxygens (including phenoxy) is 1. The Balaban J connectivity index is 1.80. The summed E-state index contributed by atoms with van der Waals surface area (Å²) in [6, 6.07) is 24.8. The summed E-state index contributed by atoms with van der Waals surface area (Å²) >= 11 is 0. The van der Waals surface area contributed by atoms with Crippen LogP contribution in [0.2, 0.25) is 0 Å². The summed E-state index contributed by atoms with van der Waals surface area (Å²) in [4.78, 5) is 39.4. The van der Waals surface area contributed by atoms with Crippen LogP contribution in [0, 0.1) is 18.3 Å². The van der Waals surface area contributed by atoms with Crippen molar-refractivity contribution in [3.05, 3.63) is 95.6 Å². The number of hydrogen-bond acceptors (Lipinski definition) is 5. The number of hydrogen-bond donors (Lipinski definition) is 2. The molecule has 0 spiro atoms. The summed E-state index contributed by atoms with van der Waals surface area (Å²) in [5, 5.41) is 18.0. The topological polar surface area (TPSA) is 108 Å². The molecule has 4 unspecified atom stereocenters. The lowest BCUT2D eigenvalue weighted by Crippen LogP contribution is -2.57. The number of carboxylic acid groups (broad SMARTS) is 1. The molecule has 0 aromatic heterocycles. The number of carbonyl (C=O) groups is 3. The summed E-state index contributed by atoms with van der Waals surface area (Å²) in [6.45, 7) is 11.3. The summed E-state index contributed by atoms with van der Waals surface area (Å²) in [5.41, 5.74) is 4.77. The number of carboxylic acids is 1. The molecule has 43 heavy (non-hydrogen) atoms. The van der Waals surface area contributed by atoms with E-state index in [9.17, 15) is 19.5 Å². The number of aliphatic carboxylic acids is 1. The molecular weight excluding hydrogens is 540 g/mol. The molecule has 0 aliphatic carbocycles. The van der Waals surface area contributed by atoms with Gasteiger partial charge in [-0.15, -0.1) is 0 Å². The maximum Gasteiger partial charge on any atom is 0.243 e. The maximum atomic E-state index is 13.8. The van der Waals surface area contributed by atoms with Gasteiger partial charge in [-0.3, -0.25) is 9.59 Å². The van der Waals surface area contributed by atoms with Crippen molar-refractivity contribution >= 4 is 17.8 Å². The molecule has 0 saturated carbocycles. The molecule has 2 amide bonds. The molecule has 0 aliphatic rings. The van der Waals surface area contributed by atoms with E-state index < -0.39 is 35.4 Å². The van der Waals surface area contributed by atoms with E-state index in [2.05, 4.69) is 47.9 Å². The standard InChI is InChI=1S/C36H46N2O5/c1-7-43-31(35(41)42)30(22-14-19-27-18-11-12-21-29(27)28-20-13-15-24(2)23-28)33(39)38-32(36(4,5)6)34(40)37-25(3)26-16-9-8-10-17-26/h8-13,15-18,20-21,23,25,30-32H,7,14,19,22H2,1-6H3,(H,37,40)(H,38,39)(H,41,42)/p-1. The number of benzene rings is 3. The first-order chi connectivity index (χ1) is 20.4. The third-order valence-corrected chi connectivity index (χ3v) is 7.66. The van der Waals surface area contributed by atoms with Crippen molar-refractivity contribution in [2.45, 2.75) is 79.0 Å². The molecule has 230 valence electrons. The molecule has 7 nitrogen and oxygen atoms in total. The van der Waals surface area contributed by atoms with Crippen molar-refractivity contribution in [3.63, 3.8) is 0 Å². The van der Waals surface area contributed by atoms with Crippen LogP contribution in [0.3, 0.4) is 0 Å². The number of nitrogens with one attached hydrogen (secondary N) is 2. The highest BCUT2D eigenvalue weighted by Crippen LogP contribution is 2.28. The van der Waals surface area contributed by atoms with Crippen LogP contribution in [0.4, 0.5) is 0 Å². The van der Waals surface area contributed by atoms with Gasteiger partial charge in [0.15, 0.2) is 0 Å². The average Bonchev–Trinajstić information content (AvgIpc) is 2.97. The zero-order chi connectivity index (χ0) is 31.6. The van der Waals surface area contributed by atoms with Crippen LogP contribution >= 0.6 is 0 Å². The predicted molar refractivity (Wildman–Crippen MR) is 168 cm³/mol. The van der Waals surface area contributed by atoms with Crippen LogP contribution < -0.4 is 15.7 Å². The Morgan fingerprint density at radius 1 is 0.884 bits per heavy atom. The van der Waals surface area contributed by atoms with Gasteiger partial charge in [-0.2, -0.15) is 0 Å². The van der Waals surface area contributed by atoms with Crippen LogP contribution in [-0.2, 0) is 25.5 Å². The number of rotatable bonds is 14. The Bertz CT molecular complexity index is 1370. The van der Waals surface area contributed by atoms with E-state index in [4.69, 9.17) is 4.74 Å². The summed E-state index contributed by atoms with van der Waals surface area (Å²) in [5.74, 6) is -3.38. The summed E-state index contributed by atoms with van der Waals surface area (Å²) in [7, 11) is 0. The second-order valence-electron chi connectivity index (χ2n) is 12.2. The van der Waals surface area contributed by atoms with Crippen LogP contribution in [-0.4, -0.2) is 36.5 Å². The lowest BCUT2D eigenvalue weighted by atomic mass is 9.84. The largest absolute Gasteiger partial charge is 0.547 e. The minimum Gasteiger partial charge on any atom is -0.547 e. The molecule has 2 N–H and O–H groups in total. The van der Waals surface area contributed by atoms with Crippen molar-refractivity contribution in [2.75, 3.05) is 6.61 Å². The van der Waals surface area contributed by atoms with Gasteiger partial charge >= 0.3 is 0 Å². The van der Waals surface area contributed by atoms with Crippen molar-refractivity contribution in [1.29, 1.82) is 0 Å². The van der Waals surface area contributed by atoms with Gasteiger partial charge in [0.2, 0.25) is 11.8 Å². The Morgan fingerprint density at radius 3 is 2.19 bits per heavy atom. The number of aryl methyl sites for hydroxylation is 2. The third kappa shape index (κ3) is 9.52. The van der Waals surface area contributed by atoms with Gasteiger partial charge in [-0.25, -0.2) is 0 Å². The third-order valence-electron chi connectivity index (χ3n) is 7.66.